The molecule has 0 radical (unpaired) electrons. The van der Waals surface area contributed by atoms with E-state index in [1.807, 2.05) is 0 Å². The van der Waals surface area contributed by atoms with Crippen molar-refractivity contribution in [2.24, 2.45) is 0 Å². The summed E-state index contributed by atoms with van der Waals surface area (Å²) in [5, 5.41) is 9.68. The van der Waals surface area contributed by atoms with Crippen molar-refractivity contribution in [3.63, 3.8) is 0 Å². The molecule has 0 heterocycles. The van der Waals surface area contributed by atoms with Crippen LogP contribution in [0.1, 0.15) is 245 Å². The highest BCUT2D eigenvalue weighted by atomic mass is 16.6. The minimum Gasteiger partial charge on any atom is -0.462 e. The number of allylic oxidation sites excluding steroid dienone is 34. The zero-order valence-electron chi connectivity index (χ0n) is 52.2. The molecule has 0 saturated heterocycles. The van der Waals surface area contributed by atoms with Gasteiger partial charge in [-0.1, -0.05) is 291 Å². The molecule has 5 nitrogen and oxygen atoms in total. The van der Waals surface area contributed by atoms with Gasteiger partial charge in [-0.15, -0.1) is 0 Å². The quantitative estimate of drug-likeness (QED) is 0.0373. The second-order valence-electron chi connectivity index (χ2n) is 20.7. The molecule has 0 aromatic carbocycles. The van der Waals surface area contributed by atoms with Crippen LogP contribution in [0.3, 0.4) is 0 Å². The molecule has 0 aliphatic rings. The molecule has 0 aliphatic carbocycles. The summed E-state index contributed by atoms with van der Waals surface area (Å²) >= 11 is 0. The van der Waals surface area contributed by atoms with E-state index < -0.39 is 6.10 Å². The van der Waals surface area contributed by atoms with Crippen molar-refractivity contribution in [1.82, 2.24) is 0 Å². The monoisotopic (exact) mass is 1120 g/mol. The molecule has 5 heteroatoms. The number of aliphatic hydroxyl groups excluding tert-OH is 1. The molecule has 0 rings (SSSR count). The molecule has 82 heavy (non-hydrogen) atoms. The summed E-state index contributed by atoms with van der Waals surface area (Å²) in [5.41, 5.74) is 0. The SMILES string of the molecule is CC/C=C\C/C=C\C/C=C\C/C=C\C/C=C\C/C=C\C/C=C\C/C=C\C/C=C\C/C=C\CCCCC(=O)OC(CO)COC(=O)CCCCCCCCCCCCCCC/C=C\C/C=C\C/C=C\C/C=C\C/C=C\C/C=C\C/C=C\CC. The molecule has 456 valence electrons. The number of aliphatic hydroxyl groups is 1. The number of ether oxygens (including phenoxy) is 2. The van der Waals surface area contributed by atoms with Crippen LogP contribution < -0.4 is 0 Å². The van der Waals surface area contributed by atoms with E-state index in [0.29, 0.717) is 12.8 Å². The Bertz CT molecular complexity index is 1950. The van der Waals surface area contributed by atoms with Crippen molar-refractivity contribution in [2.75, 3.05) is 13.2 Å². The summed E-state index contributed by atoms with van der Waals surface area (Å²) in [6.07, 6.45) is 112. The Labute approximate surface area is 504 Å². The summed E-state index contributed by atoms with van der Waals surface area (Å²) in [5.74, 6) is -0.657. The summed E-state index contributed by atoms with van der Waals surface area (Å²) in [6.45, 7) is 3.87. The molecule has 0 aromatic rings. The Morgan fingerprint density at radius 3 is 0.756 bits per heavy atom. The van der Waals surface area contributed by atoms with Crippen LogP contribution in [0.15, 0.2) is 207 Å². The Balaban J connectivity index is 3.65. The highest BCUT2D eigenvalue weighted by Gasteiger charge is 2.16. The largest absolute Gasteiger partial charge is 0.462 e. The first-order valence-corrected chi connectivity index (χ1v) is 32.6. The molecule has 0 bridgehead atoms. The first-order chi connectivity index (χ1) is 40.6. The predicted molar refractivity (Wildman–Crippen MR) is 361 cm³/mol. The molecule has 0 fully saturated rings. The highest BCUT2D eigenvalue weighted by Crippen LogP contribution is 2.15. The normalized spacial score (nSPS) is 13.6. The maximum atomic E-state index is 12.3. The van der Waals surface area contributed by atoms with Gasteiger partial charge in [0.05, 0.1) is 6.61 Å². The first kappa shape index (κ1) is 76.5. The van der Waals surface area contributed by atoms with Gasteiger partial charge in [0.15, 0.2) is 6.10 Å². The van der Waals surface area contributed by atoms with Crippen LogP contribution in [0.5, 0.6) is 0 Å². The predicted octanol–water partition coefficient (Wildman–Crippen LogP) is 23.0. The minimum absolute atomic E-state index is 0.0977. The number of carbonyl (C=O) groups is 2. The summed E-state index contributed by atoms with van der Waals surface area (Å²) in [6, 6.07) is 0. The fraction of sp³-hybridized carbons (Fsp3) is 0.532. The van der Waals surface area contributed by atoms with Crippen molar-refractivity contribution in [3.05, 3.63) is 207 Å². The van der Waals surface area contributed by atoms with Gasteiger partial charge in [-0.25, -0.2) is 0 Å². The van der Waals surface area contributed by atoms with Crippen LogP contribution in [-0.2, 0) is 19.1 Å². The average molecular weight is 1120 g/mol. The van der Waals surface area contributed by atoms with Gasteiger partial charge in [-0.3, -0.25) is 9.59 Å². The molecule has 0 saturated carbocycles. The van der Waals surface area contributed by atoms with Crippen LogP contribution in [-0.4, -0.2) is 36.4 Å². The summed E-state index contributed by atoms with van der Waals surface area (Å²) < 4.78 is 10.7. The minimum atomic E-state index is -0.813. The fourth-order valence-corrected chi connectivity index (χ4v) is 8.27. The maximum absolute atomic E-state index is 12.3. The Hall–Kier alpha value is -5.52. The van der Waals surface area contributed by atoms with Gasteiger partial charge >= 0.3 is 11.9 Å². The molecule has 0 aromatic heterocycles. The Kier molecular flexibility index (Phi) is 65.1. The van der Waals surface area contributed by atoms with Crippen LogP contribution in [0.4, 0.5) is 0 Å². The first-order valence-electron chi connectivity index (χ1n) is 32.6. The molecular weight excluding hydrogens is 1000 g/mol. The number of unbranched alkanes of at least 4 members (excludes halogenated alkanes) is 15. The number of carbonyl (C=O) groups excluding carboxylic acids is 2. The molecule has 1 N–H and O–H groups in total. The zero-order chi connectivity index (χ0) is 59.1. The lowest BCUT2D eigenvalue weighted by Crippen LogP contribution is -2.28. The summed E-state index contributed by atoms with van der Waals surface area (Å²) in [4.78, 5) is 24.6. The van der Waals surface area contributed by atoms with E-state index in [4.69, 9.17) is 9.47 Å². The molecular formula is C77H118O5. The Morgan fingerprint density at radius 2 is 0.488 bits per heavy atom. The van der Waals surface area contributed by atoms with E-state index in [2.05, 4.69) is 220 Å². The standard InChI is InChI=1S/C77H118O5/c1-3-5-7-9-11-13-15-17-19-21-23-25-27-29-31-33-35-37-38-40-41-43-45-47-49-51-53-55-57-59-61-63-65-67-69-71-76(79)81-74-75(73-78)82-77(80)72-70-68-66-64-62-60-58-56-54-52-50-48-46-44-42-39-36-34-32-30-28-26-24-22-20-18-16-14-12-10-8-6-4-2/h5-8,11-14,17-20,23-26,29-32,35-37,39-41,44,46,50,52,56,58,62,64,75,78H,3-4,9-10,15-16,21-22,27-28,33-34,38,42-43,45,47-49,51,53-55,57,59-61,63,65-74H2,1-2H3/b7-5-,8-6-,13-11-,14-12-,19-17-,20-18-,25-23-,26-24-,31-29-,32-30-,37-35-,39-36-,41-40-,46-44-,52-50-,58-56-,64-62-. The fourth-order valence-electron chi connectivity index (χ4n) is 8.27. The molecule has 1 unspecified atom stereocenters. The third-order valence-electron chi connectivity index (χ3n) is 13.1. The topological polar surface area (TPSA) is 72.8 Å². The van der Waals surface area contributed by atoms with Gasteiger partial charge in [-0.05, 0) is 148 Å². The third kappa shape index (κ3) is 67.0. The van der Waals surface area contributed by atoms with E-state index >= 15 is 0 Å². The van der Waals surface area contributed by atoms with Crippen LogP contribution in [0, 0.1) is 0 Å². The van der Waals surface area contributed by atoms with Gasteiger partial charge in [0.2, 0.25) is 0 Å². The van der Waals surface area contributed by atoms with E-state index in [1.165, 1.54) is 70.6 Å². The Morgan fingerprint density at radius 1 is 0.280 bits per heavy atom. The van der Waals surface area contributed by atoms with E-state index in [1.54, 1.807) is 0 Å². The van der Waals surface area contributed by atoms with Crippen molar-refractivity contribution < 1.29 is 24.2 Å². The molecule has 0 spiro atoms. The number of rotatable bonds is 57. The van der Waals surface area contributed by atoms with Gasteiger partial charge in [0.1, 0.15) is 6.61 Å². The second-order valence-corrected chi connectivity index (χ2v) is 20.7. The summed E-state index contributed by atoms with van der Waals surface area (Å²) in [7, 11) is 0. The lowest BCUT2D eigenvalue weighted by molar-refractivity contribution is -0.161. The van der Waals surface area contributed by atoms with Crippen molar-refractivity contribution >= 4 is 11.9 Å². The third-order valence-corrected chi connectivity index (χ3v) is 13.1. The van der Waals surface area contributed by atoms with Crippen LogP contribution in [0.25, 0.3) is 0 Å². The average Bonchev–Trinajstić information content (AvgIpc) is 3.49. The van der Waals surface area contributed by atoms with Gasteiger partial charge in [0, 0.05) is 12.8 Å². The molecule has 1 atom stereocenters. The van der Waals surface area contributed by atoms with Crippen molar-refractivity contribution in [2.45, 2.75) is 251 Å². The van der Waals surface area contributed by atoms with Crippen molar-refractivity contribution in [1.29, 1.82) is 0 Å². The number of hydrogen-bond acceptors (Lipinski definition) is 5. The molecule has 0 aliphatic heterocycles. The van der Waals surface area contributed by atoms with Gasteiger partial charge in [0.25, 0.3) is 0 Å². The lowest BCUT2D eigenvalue weighted by Gasteiger charge is -2.15. The van der Waals surface area contributed by atoms with E-state index in [-0.39, 0.29) is 31.6 Å². The lowest BCUT2D eigenvalue weighted by atomic mass is 10.0. The van der Waals surface area contributed by atoms with Crippen LogP contribution in [0.2, 0.25) is 0 Å². The van der Waals surface area contributed by atoms with Crippen molar-refractivity contribution in [3.8, 4) is 0 Å². The second kappa shape index (κ2) is 69.7. The van der Waals surface area contributed by atoms with Gasteiger partial charge in [-0.2, -0.15) is 0 Å². The number of esters is 2. The highest BCUT2D eigenvalue weighted by molar-refractivity contribution is 5.70. The zero-order valence-corrected chi connectivity index (χ0v) is 52.2. The molecule has 0 amide bonds. The van der Waals surface area contributed by atoms with Gasteiger partial charge < -0.3 is 14.6 Å². The van der Waals surface area contributed by atoms with Crippen LogP contribution >= 0.6 is 0 Å². The van der Waals surface area contributed by atoms with E-state index in [9.17, 15) is 14.7 Å². The smallest absolute Gasteiger partial charge is 0.306 e. The van der Waals surface area contributed by atoms with E-state index in [0.717, 1.165) is 141 Å². The maximum Gasteiger partial charge on any atom is 0.306 e. The number of hydrogen-bond donors (Lipinski definition) is 1.